The molecule has 0 amide bonds. The van der Waals surface area contributed by atoms with Crippen LogP contribution in [0.4, 0.5) is 0 Å². The average molecular weight is 292 g/mol. The summed E-state index contributed by atoms with van der Waals surface area (Å²) in [5.41, 5.74) is 2.58. The number of fused-ring (bicyclic) bond motifs is 1. The van der Waals surface area contributed by atoms with Crippen LogP contribution >= 0.6 is 0 Å². The van der Waals surface area contributed by atoms with E-state index in [4.69, 9.17) is 9.47 Å². The third-order valence-corrected chi connectivity index (χ3v) is 3.46. The van der Waals surface area contributed by atoms with Crippen molar-refractivity contribution in [1.29, 1.82) is 0 Å². The normalized spacial score (nSPS) is 13.2. The molecule has 1 heterocycles. The van der Waals surface area contributed by atoms with E-state index in [1.54, 1.807) is 31.4 Å². The van der Waals surface area contributed by atoms with Crippen LogP contribution in [0.5, 0.6) is 11.5 Å². The van der Waals surface area contributed by atoms with Crippen LogP contribution in [-0.4, -0.2) is 19.5 Å². The van der Waals surface area contributed by atoms with Crippen molar-refractivity contribution in [2.45, 2.75) is 0 Å². The quantitative estimate of drug-likeness (QED) is 0.633. The number of ether oxygens (including phenoxy) is 2. The zero-order valence-electron chi connectivity index (χ0n) is 12.3. The maximum atomic E-state index is 12.1. The molecular weight excluding hydrogens is 276 g/mol. The molecule has 0 radical (unpaired) electrons. The first-order chi connectivity index (χ1) is 10.8. The number of hydrogen-bond donors (Lipinski definition) is 0. The van der Waals surface area contributed by atoms with Crippen molar-refractivity contribution >= 4 is 11.9 Å². The van der Waals surface area contributed by atoms with Gasteiger partial charge in [-0.3, -0.25) is 4.79 Å². The van der Waals surface area contributed by atoms with Gasteiger partial charge in [0.15, 0.2) is 5.78 Å². The molecule has 0 N–H and O–H groups in total. The first-order valence-electron chi connectivity index (χ1n) is 7.05. The lowest BCUT2D eigenvalue weighted by molar-refractivity contribution is 0.104. The third-order valence-electron chi connectivity index (χ3n) is 3.46. The summed E-state index contributed by atoms with van der Waals surface area (Å²) in [5.74, 6) is 1.59. The maximum absolute atomic E-state index is 12.1. The van der Waals surface area contributed by atoms with Gasteiger partial charge in [-0.05, 0) is 35.9 Å². The molecule has 22 heavy (non-hydrogen) atoms. The van der Waals surface area contributed by atoms with Crippen LogP contribution in [0.1, 0.15) is 15.9 Å². The van der Waals surface area contributed by atoms with Gasteiger partial charge < -0.3 is 9.47 Å². The van der Waals surface area contributed by atoms with Gasteiger partial charge in [-0.1, -0.05) is 36.4 Å². The van der Waals surface area contributed by atoms with Gasteiger partial charge in [0.05, 0.1) is 7.11 Å². The minimum atomic E-state index is -0.0158. The molecule has 0 saturated carbocycles. The fraction of sp³-hybridized carbons (Fsp3) is 0.105. The van der Waals surface area contributed by atoms with Crippen LogP contribution in [0.15, 0.2) is 66.3 Å². The van der Waals surface area contributed by atoms with Crippen molar-refractivity contribution in [3.63, 3.8) is 0 Å². The van der Waals surface area contributed by atoms with Gasteiger partial charge >= 0.3 is 0 Å². The van der Waals surface area contributed by atoms with Crippen LogP contribution in [0.25, 0.3) is 6.08 Å². The Labute approximate surface area is 129 Å². The Kier molecular flexibility index (Phi) is 4.05. The van der Waals surface area contributed by atoms with E-state index in [2.05, 4.69) is 0 Å². The first-order valence-corrected chi connectivity index (χ1v) is 7.05. The molecule has 3 nitrogen and oxygen atoms in total. The standard InChI is InChI=1S/C19H16O3/c1-21-17-8-10-19-16(12-17)11-14(13-22-19)7-9-18(20)15-5-3-2-4-6-15/h2-12H,13H2,1H3/b9-7+. The molecule has 0 saturated heterocycles. The van der Waals surface area contributed by atoms with Gasteiger partial charge in [0.1, 0.15) is 18.1 Å². The summed E-state index contributed by atoms with van der Waals surface area (Å²) < 4.78 is 10.9. The van der Waals surface area contributed by atoms with Crippen molar-refractivity contribution in [1.82, 2.24) is 0 Å². The van der Waals surface area contributed by atoms with Crippen molar-refractivity contribution in [2.24, 2.45) is 0 Å². The van der Waals surface area contributed by atoms with Gasteiger partial charge in [0.25, 0.3) is 0 Å². The Balaban J connectivity index is 1.79. The van der Waals surface area contributed by atoms with E-state index < -0.39 is 0 Å². The second-order valence-electron chi connectivity index (χ2n) is 4.98. The van der Waals surface area contributed by atoms with Crippen molar-refractivity contribution in [2.75, 3.05) is 13.7 Å². The topological polar surface area (TPSA) is 35.5 Å². The highest BCUT2D eigenvalue weighted by atomic mass is 16.5. The van der Waals surface area contributed by atoms with Crippen LogP contribution in [0.3, 0.4) is 0 Å². The molecule has 110 valence electrons. The van der Waals surface area contributed by atoms with E-state index in [9.17, 15) is 4.79 Å². The predicted octanol–water partition coefficient (Wildman–Crippen LogP) is 3.91. The fourth-order valence-electron chi connectivity index (χ4n) is 2.28. The number of benzene rings is 2. The largest absolute Gasteiger partial charge is 0.497 e. The molecule has 0 atom stereocenters. The highest BCUT2D eigenvalue weighted by Crippen LogP contribution is 2.30. The van der Waals surface area contributed by atoms with Gasteiger partial charge in [-0.2, -0.15) is 0 Å². The number of rotatable bonds is 4. The lowest BCUT2D eigenvalue weighted by Gasteiger charge is -2.16. The fourth-order valence-corrected chi connectivity index (χ4v) is 2.28. The second kappa shape index (κ2) is 6.31. The summed E-state index contributed by atoms with van der Waals surface area (Å²) in [5, 5.41) is 0. The molecule has 0 fully saturated rings. The van der Waals surface area contributed by atoms with Crippen LogP contribution < -0.4 is 9.47 Å². The van der Waals surface area contributed by atoms with Crippen molar-refractivity contribution < 1.29 is 14.3 Å². The van der Waals surface area contributed by atoms with Crippen molar-refractivity contribution in [3.05, 3.63) is 77.4 Å². The summed E-state index contributed by atoms with van der Waals surface area (Å²) >= 11 is 0. The monoisotopic (exact) mass is 292 g/mol. The summed E-state index contributed by atoms with van der Waals surface area (Å²) in [6.07, 6.45) is 5.39. The lowest BCUT2D eigenvalue weighted by atomic mass is 10.1. The molecule has 3 rings (SSSR count). The minimum Gasteiger partial charge on any atom is -0.497 e. The van der Waals surface area contributed by atoms with Gasteiger partial charge in [0, 0.05) is 11.1 Å². The zero-order chi connectivity index (χ0) is 15.4. The van der Waals surface area contributed by atoms with E-state index in [1.807, 2.05) is 42.5 Å². The van der Waals surface area contributed by atoms with Crippen LogP contribution in [0, 0.1) is 0 Å². The number of methoxy groups -OCH3 is 1. The van der Waals surface area contributed by atoms with Crippen molar-refractivity contribution in [3.8, 4) is 11.5 Å². The minimum absolute atomic E-state index is 0.0158. The summed E-state index contributed by atoms with van der Waals surface area (Å²) in [6, 6.07) is 14.9. The van der Waals surface area contributed by atoms with Crippen LogP contribution in [0.2, 0.25) is 0 Å². The molecular formula is C19H16O3. The number of hydrogen-bond acceptors (Lipinski definition) is 3. The summed E-state index contributed by atoms with van der Waals surface area (Å²) in [7, 11) is 1.63. The summed E-state index contributed by atoms with van der Waals surface area (Å²) in [4.78, 5) is 12.1. The molecule has 0 aromatic heterocycles. The Bertz CT molecular complexity index is 743. The number of ketones is 1. The molecule has 1 aliphatic heterocycles. The Morgan fingerprint density at radius 3 is 2.77 bits per heavy atom. The number of carbonyl (C=O) groups is 1. The highest BCUT2D eigenvalue weighted by Gasteiger charge is 2.11. The van der Waals surface area contributed by atoms with E-state index in [-0.39, 0.29) is 5.78 Å². The Morgan fingerprint density at radius 1 is 1.18 bits per heavy atom. The van der Waals surface area contributed by atoms with Gasteiger partial charge in [-0.15, -0.1) is 0 Å². The molecule has 2 aromatic carbocycles. The number of allylic oxidation sites excluding steroid dienone is 1. The van der Waals surface area contributed by atoms with E-state index >= 15 is 0 Å². The predicted molar refractivity (Wildman–Crippen MR) is 86.4 cm³/mol. The first kappa shape index (κ1) is 14.1. The SMILES string of the molecule is COc1ccc2c(c1)C=C(/C=C/C(=O)c1ccccc1)CO2. The molecule has 1 aliphatic rings. The number of carbonyl (C=O) groups excluding carboxylic acids is 1. The van der Waals surface area contributed by atoms with E-state index in [0.717, 1.165) is 22.6 Å². The second-order valence-corrected chi connectivity index (χ2v) is 4.98. The molecule has 0 aliphatic carbocycles. The van der Waals surface area contributed by atoms with E-state index in [0.29, 0.717) is 12.2 Å². The molecule has 3 heteroatoms. The highest BCUT2D eigenvalue weighted by molar-refractivity contribution is 6.04. The Hall–Kier alpha value is -2.81. The maximum Gasteiger partial charge on any atom is 0.185 e. The molecule has 2 aromatic rings. The van der Waals surface area contributed by atoms with E-state index in [1.165, 1.54) is 0 Å². The molecule has 0 spiro atoms. The molecule has 0 unspecified atom stereocenters. The van der Waals surface area contributed by atoms with Gasteiger partial charge in [-0.25, -0.2) is 0 Å². The third kappa shape index (κ3) is 3.09. The average Bonchev–Trinajstić information content (AvgIpc) is 2.59. The zero-order valence-corrected chi connectivity index (χ0v) is 12.3. The molecule has 0 bridgehead atoms. The smallest absolute Gasteiger partial charge is 0.185 e. The Morgan fingerprint density at radius 2 is 2.00 bits per heavy atom. The van der Waals surface area contributed by atoms with Gasteiger partial charge in [0.2, 0.25) is 0 Å². The lowest BCUT2D eigenvalue weighted by Crippen LogP contribution is -2.06. The summed E-state index contributed by atoms with van der Waals surface area (Å²) in [6.45, 7) is 0.456. The van der Waals surface area contributed by atoms with Crippen LogP contribution in [-0.2, 0) is 0 Å².